The number of nitrogens with zero attached hydrogens (tertiary/aromatic N) is 1. The SMILES string of the molecule is CCc1ccc(C2=N[C@@H](c3ccccc3C)N[C@@H](c3ccccc3O)C2)cc1. The van der Waals surface area contributed by atoms with Crippen molar-refractivity contribution in [1.29, 1.82) is 0 Å². The van der Waals surface area contributed by atoms with E-state index in [4.69, 9.17) is 4.99 Å². The van der Waals surface area contributed by atoms with E-state index >= 15 is 0 Å². The van der Waals surface area contributed by atoms with Crippen LogP contribution in [0.15, 0.2) is 77.8 Å². The van der Waals surface area contributed by atoms with E-state index in [1.165, 1.54) is 16.7 Å². The van der Waals surface area contributed by atoms with E-state index in [0.29, 0.717) is 5.75 Å². The number of phenols is 1. The molecular formula is C25H26N2O. The summed E-state index contributed by atoms with van der Waals surface area (Å²) < 4.78 is 0. The van der Waals surface area contributed by atoms with Crippen molar-refractivity contribution in [2.45, 2.75) is 38.9 Å². The monoisotopic (exact) mass is 370 g/mol. The lowest BCUT2D eigenvalue weighted by atomic mass is 9.92. The second-order valence-electron chi connectivity index (χ2n) is 7.37. The van der Waals surface area contributed by atoms with Gasteiger partial charge in [-0.15, -0.1) is 0 Å². The molecule has 0 unspecified atom stereocenters. The van der Waals surface area contributed by atoms with Crippen LogP contribution in [0.4, 0.5) is 0 Å². The molecule has 0 radical (unpaired) electrons. The number of phenolic OH excluding ortho intramolecular Hbond substituents is 1. The van der Waals surface area contributed by atoms with Crippen LogP contribution in [-0.4, -0.2) is 10.8 Å². The quantitative estimate of drug-likeness (QED) is 0.638. The Kier molecular flexibility index (Phi) is 5.27. The first kappa shape index (κ1) is 18.5. The topological polar surface area (TPSA) is 44.6 Å². The molecule has 142 valence electrons. The highest BCUT2D eigenvalue weighted by molar-refractivity contribution is 6.01. The molecule has 3 aromatic carbocycles. The van der Waals surface area contributed by atoms with Crippen LogP contribution in [-0.2, 0) is 6.42 Å². The van der Waals surface area contributed by atoms with E-state index in [9.17, 15) is 5.11 Å². The molecule has 3 aromatic rings. The number of benzene rings is 3. The van der Waals surface area contributed by atoms with Gasteiger partial charge < -0.3 is 5.11 Å². The van der Waals surface area contributed by atoms with Crippen molar-refractivity contribution >= 4 is 5.71 Å². The number of aryl methyl sites for hydroxylation is 2. The molecule has 3 nitrogen and oxygen atoms in total. The molecule has 4 rings (SSSR count). The van der Waals surface area contributed by atoms with E-state index < -0.39 is 0 Å². The largest absolute Gasteiger partial charge is 0.508 e. The third-order valence-electron chi connectivity index (χ3n) is 5.53. The van der Waals surface area contributed by atoms with Crippen molar-refractivity contribution in [3.8, 4) is 5.75 Å². The van der Waals surface area contributed by atoms with Crippen LogP contribution >= 0.6 is 0 Å². The van der Waals surface area contributed by atoms with Gasteiger partial charge in [0.1, 0.15) is 11.9 Å². The van der Waals surface area contributed by atoms with Gasteiger partial charge in [-0.2, -0.15) is 0 Å². The summed E-state index contributed by atoms with van der Waals surface area (Å²) in [5.74, 6) is 0.325. The zero-order valence-corrected chi connectivity index (χ0v) is 16.4. The predicted octanol–water partition coefficient (Wildman–Crippen LogP) is 5.49. The molecule has 0 saturated carbocycles. The highest BCUT2D eigenvalue weighted by Crippen LogP contribution is 2.35. The summed E-state index contributed by atoms with van der Waals surface area (Å²) in [5, 5.41) is 14.1. The minimum absolute atomic E-state index is 0.00385. The van der Waals surface area contributed by atoms with Gasteiger partial charge in [-0.25, -0.2) is 0 Å². The van der Waals surface area contributed by atoms with Crippen molar-refractivity contribution in [1.82, 2.24) is 5.32 Å². The van der Waals surface area contributed by atoms with Crippen molar-refractivity contribution in [2.75, 3.05) is 0 Å². The lowest BCUT2D eigenvalue weighted by molar-refractivity contribution is 0.412. The van der Waals surface area contributed by atoms with Crippen molar-refractivity contribution < 1.29 is 5.11 Å². The summed E-state index contributed by atoms with van der Waals surface area (Å²) in [6.45, 7) is 4.28. The summed E-state index contributed by atoms with van der Waals surface area (Å²) in [7, 11) is 0. The number of aliphatic imine (C=N–C) groups is 1. The van der Waals surface area contributed by atoms with Gasteiger partial charge in [0.2, 0.25) is 0 Å². The summed E-state index contributed by atoms with van der Waals surface area (Å²) in [4.78, 5) is 5.07. The van der Waals surface area contributed by atoms with Crippen LogP contribution < -0.4 is 5.32 Å². The number of hydrogen-bond donors (Lipinski definition) is 2. The van der Waals surface area contributed by atoms with Crippen molar-refractivity contribution in [3.63, 3.8) is 0 Å². The number of nitrogens with one attached hydrogen (secondary N) is 1. The Labute approximate surface area is 166 Å². The summed E-state index contributed by atoms with van der Waals surface area (Å²) in [5.41, 5.74) is 6.85. The third kappa shape index (κ3) is 3.71. The third-order valence-corrected chi connectivity index (χ3v) is 5.53. The molecule has 1 aliphatic rings. The molecule has 2 N–H and O–H groups in total. The first-order valence-electron chi connectivity index (χ1n) is 9.91. The van der Waals surface area contributed by atoms with Crippen LogP contribution in [0.3, 0.4) is 0 Å². The van der Waals surface area contributed by atoms with Gasteiger partial charge in [-0.3, -0.25) is 10.3 Å². The highest BCUT2D eigenvalue weighted by Gasteiger charge is 2.28. The van der Waals surface area contributed by atoms with Gasteiger partial charge in [-0.1, -0.05) is 73.7 Å². The minimum Gasteiger partial charge on any atom is -0.508 e. The minimum atomic E-state index is -0.139. The number of rotatable bonds is 4. The standard InChI is InChI=1S/C25H26N2O/c1-3-18-12-14-19(15-13-18)22-16-23(21-10-6-7-11-24(21)28)27-25(26-22)20-9-5-4-8-17(20)2/h4-15,23,25,27-28H,3,16H2,1-2H3/t23-,25-/m1/s1. The molecule has 0 aromatic heterocycles. The Morgan fingerprint density at radius 1 is 0.929 bits per heavy atom. The maximum absolute atomic E-state index is 10.4. The Balaban J connectivity index is 1.76. The molecule has 3 heteroatoms. The fourth-order valence-corrected chi connectivity index (χ4v) is 3.85. The lowest BCUT2D eigenvalue weighted by Crippen LogP contribution is -2.33. The number of para-hydroxylation sites is 1. The maximum Gasteiger partial charge on any atom is 0.126 e. The van der Waals surface area contributed by atoms with Gasteiger partial charge in [0.05, 0.1) is 0 Å². The molecule has 0 aliphatic carbocycles. The molecule has 1 heterocycles. The van der Waals surface area contributed by atoms with Gasteiger partial charge in [0, 0.05) is 23.7 Å². The van der Waals surface area contributed by atoms with Crippen LogP contribution in [0.25, 0.3) is 0 Å². The van der Waals surface area contributed by atoms with Gasteiger partial charge >= 0.3 is 0 Å². The van der Waals surface area contributed by atoms with E-state index in [1.54, 1.807) is 6.07 Å². The average molecular weight is 370 g/mol. The second-order valence-corrected chi connectivity index (χ2v) is 7.37. The van der Waals surface area contributed by atoms with Crippen LogP contribution in [0.5, 0.6) is 5.75 Å². The maximum atomic E-state index is 10.4. The van der Waals surface area contributed by atoms with Crippen molar-refractivity contribution in [2.24, 2.45) is 4.99 Å². The fraction of sp³-hybridized carbons (Fsp3) is 0.240. The van der Waals surface area contributed by atoms with Crippen molar-refractivity contribution in [3.05, 3.63) is 101 Å². The second kappa shape index (κ2) is 7.99. The van der Waals surface area contributed by atoms with E-state index in [0.717, 1.165) is 29.7 Å². The van der Waals surface area contributed by atoms with E-state index in [1.807, 2.05) is 18.2 Å². The molecule has 0 bridgehead atoms. The van der Waals surface area contributed by atoms with Crippen LogP contribution in [0.2, 0.25) is 0 Å². The highest BCUT2D eigenvalue weighted by atomic mass is 16.3. The van der Waals surface area contributed by atoms with Gasteiger partial charge in [0.25, 0.3) is 0 Å². The molecule has 2 atom stereocenters. The predicted molar refractivity (Wildman–Crippen MR) is 115 cm³/mol. The average Bonchev–Trinajstić information content (AvgIpc) is 2.74. The molecular weight excluding hydrogens is 344 g/mol. The molecule has 0 fully saturated rings. The van der Waals surface area contributed by atoms with Crippen LogP contribution in [0.1, 0.15) is 53.4 Å². The van der Waals surface area contributed by atoms with Crippen LogP contribution in [0, 0.1) is 6.92 Å². The first-order chi connectivity index (χ1) is 13.7. The lowest BCUT2D eigenvalue weighted by Gasteiger charge is -2.31. The van der Waals surface area contributed by atoms with Gasteiger partial charge in [0.15, 0.2) is 0 Å². The molecule has 0 saturated heterocycles. The zero-order chi connectivity index (χ0) is 19.5. The van der Waals surface area contributed by atoms with Gasteiger partial charge in [-0.05, 0) is 41.7 Å². The van der Waals surface area contributed by atoms with E-state index in [-0.39, 0.29) is 12.2 Å². The summed E-state index contributed by atoms with van der Waals surface area (Å²) >= 11 is 0. The summed E-state index contributed by atoms with van der Waals surface area (Å²) in [6, 6.07) is 24.6. The molecule has 0 spiro atoms. The first-order valence-corrected chi connectivity index (χ1v) is 9.91. The normalized spacial score (nSPS) is 19.3. The smallest absolute Gasteiger partial charge is 0.126 e. The fourth-order valence-electron chi connectivity index (χ4n) is 3.85. The molecule has 0 amide bonds. The molecule has 1 aliphatic heterocycles. The summed E-state index contributed by atoms with van der Waals surface area (Å²) in [6.07, 6.45) is 1.63. The zero-order valence-electron chi connectivity index (χ0n) is 16.4. The Hall–Kier alpha value is -2.91. The molecule has 28 heavy (non-hydrogen) atoms. The van der Waals surface area contributed by atoms with E-state index in [2.05, 4.69) is 67.7 Å². The number of hydrogen-bond acceptors (Lipinski definition) is 3. The Morgan fingerprint density at radius 2 is 1.61 bits per heavy atom. The Bertz CT molecular complexity index is 991. The Morgan fingerprint density at radius 3 is 2.29 bits per heavy atom. The number of aromatic hydroxyl groups is 1.